The van der Waals surface area contributed by atoms with Crippen molar-refractivity contribution in [2.75, 3.05) is 0 Å². The van der Waals surface area contributed by atoms with Crippen LogP contribution in [0.1, 0.15) is 22.3 Å². The first kappa shape index (κ1) is 12.8. The van der Waals surface area contributed by atoms with Crippen LogP contribution in [0.2, 0.25) is 0 Å². The van der Waals surface area contributed by atoms with E-state index < -0.39 is 0 Å². The first-order valence-electron chi connectivity index (χ1n) is 6.36. The first-order valence-corrected chi connectivity index (χ1v) is 6.36. The molecule has 0 amide bonds. The fourth-order valence-corrected chi connectivity index (χ4v) is 2.13. The Kier molecular flexibility index (Phi) is 4.11. The zero-order valence-electron chi connectivity index (χ0n) is 11.1. The summed E-state index contributed by atoms with van der Waals surface area (Å²) in [6.07, 6.45) is 5.45. The minimum Gasteiger partial charge on any atom is -0.327 e. The van der Waals surface area contributed by atoms with Crippen molar-refractivity contribution in [3.63, 3.8) is 0 Å². The third-order valence-electron chi connectivity index (χ3n) is 3.32. The number of aromatic nitrogens is 1. The molecule has 0 aliphatic rings. The summed E-state index contributed by atoms with van der Waals surface area (Å²) in [7, 11) is 0. The van der Waals surface area contributed by atoms with Crippen LogP contribution in [0.25, 0.3) is 0 Å². The Labute approximate surface area is 109 Å². The van der Waals surface area contributed by atoms with E-state index in [1.54, 1.807) is 0 Å². The summed E-state index contributed by atoms with van der Waals surface area (Å²) >= 11 is 0. The fourth-order valence-electron chi connectivity index (χ4n) is 2.13. The molecule has 0 aliphatic heterocycles. The molecule has 1 heterocycles. The van der Waals surface area contributed by atoms with Gasteiger partial charge >= 0.3 is 0 Å². The predicted molar refractivity (Wildman–Crippen MR) is 75.5 cm³/mol. The van der Waals surface area contributed by atoms with Gasteiger partial charge in [0.1, 0.15) is 0 Å². The van der Waals surface area contributed by atoms with Gasteiger partial charge in [-0.25, -0.2) is 0 Å². The molecular weight excluding hydrogens is 220 g/mol. The van der Waals surface area contributed by atoms with Crippen molar-refractivity contribution >= 4 is 0 Å². The number of aryl methyl sites for hydroxylation is 2. The molecule has 0 spiro atoms. The molecule has 2 rings (SSSR count). The molecule has 2 aromatic rings. The summed E-state index contributed by atoms with van der Waals surface area (Å²) in [5.74, 6) is 0. The van der Waals surface area contributed by atoms with Crippen LogP contribution >= 0.6 is 0 Å². The molecule has 94 valence electrons. The maximum absolute atomic E-state index is 6.21. The van der Waals surface area contributed by atoms with Gasteiger partial charge in [0.15, 0.2) is 0 Å². The van der Waals surface area contributed by atoms with Gasteiger partial charge in [-0.1, -0.05) is 18.2 Å². The van der Waals surface area contributed by atoms with Crippen LogP contribution in [0.3, 0.4) is 0 Å². The van der Waals surface area contributed by atoms with Gasteiger partial charge in [-0.3, -0.25) is 4.98 Å². The molecule has 2 N–H and O–H groups in total. The highest BCUT2D eigenvalue weighted by atomic mass is 14.6. The molecule has 0 aliphatic carbocycles. The van der Waals surface area contributed by atoms with E-state index in [0.29, 0.717) is 0 Å². The van der Waals surface area contributed by atoms with Crippen LogP contribution in [-0.4, -0.2) is 11.0 Å². The van der Waals surface area contributed by atoms with Crippen LogP contribution < -0.4 is 5.73 Å². The third-order valence-corrected chi connectivity index (χ3v) is 3.32. The minimum atomic E-state index is 0.162. The molecule has 1 aromatic carbocycles. The van der Waals surface area contributed by atoms with Crippen molar-refractivity contribution in [2.45, 2.75) is 32.7 Å². The Morgan fingerprint density at radius 1 is 0.944 bits per heavy atom. The zero-order valence-corrected chi connectivity index (χ0v) is 11.1. The molecule has 18 heavy (non-hydrogen) atoms. The Hall–Kier alpha value is -1.67. The quantitative estimate of drug-likeness (QED) is 0.892. The van der Waals surface area contributed by atoms with E-state index >= 15 is 0 Å². The topological polar surface area (TPSA) is 38.9 Å². The SMILES string of the molecule is Cc1ccc(CC(N)Cc2ccncc2)cc1C. The van der Waals surface area contributed by atoms with E-state index in [4.69, 9.17) is 5.73 Å². The lowest BCUT2D eigenvalue weighted by Crippen LogP contribution is -2.25. The Morgan fingerprint density at radius 2 is 1.61 bits per heavy atom. The third kappa shape index (κ3) is 3.41. The summed E-state index contributed by atoms with van der Waals surface area (Å²) in [4.78, 5) is 4.02. The second-order valence-electron chi connectivity index (χ2n) is 4.94. The highest BCUT2D eigenvalue weighted by molar-refractivity contribution is 5.30. The van der Waals surface area contributed by atoms with Crippen molar-refractivity contribution in [2.24, 2.45) is 5.73 Å². The van der Waals surface area contributed by atoms with Gasteiger partial charge in [0, 0.05) is 18.4 Å². The van der Waals surface area contributed by atoms with E-state index in [1.165, 1.54) is 22.3 Å². The molecule has 0 fully saturated rings. The largest absolute Gasteiger partial charge is 0.327 e. The van der Waals surface area contributed by atoms with Gasteiger partial charge < -0.3 is 5.73 Å². The average molecular weight is 240 g/mol. The molecule has 0 saturated carbocycles. The highest BCUT2D eigenvalue weighted by Crippen LogP contribution is 2.12. The normalized spacial score (nSPS) is 12.4. The molecule has 2 heteroatoms. The van der Waals surface area contributed by atoms with Crippen molar-refractivity contribution in [3.8, 4) is 0 Å². The lowest BCUT2D eigenvalue weighted by molar-refractivity contribution is 0.664. The molecule has 0 bridgehead atoms. The lowest BCUT2D eigenvalue weighted by Gasteiger charge is -2.12. The van der Waals surface area contributed by atoms with Crippen LogP contribution in [0.15, 0.2) is 42.7 Å². The summed E-state index contributed by atoms with van der Waals surface area (Å²) in [6, 6.07) is 10.8. The zero-order chi connectivity index (χ0) is 13.0. The minimum absolute atomic E-state index is 0.162. The smallest absolute Gasteiger partial charge is 0.0270 e. The van der Waals surface area contributed by atoms with Gasteiger partial charge in [0.05, 0.1) is 0 Å². The lowest BCUT2D eigenvalue weighted by atomic mass is 9.98. The number of hydrogen-bond acceptors (Lipinski definition) is 2. The maximum Gasteiger partial charge on any atom is 0.0270 e. The van der Waals surface area contributed by atoms with E-state index in [0.717, 1.165) is 12.8 Å². The second-order valence-corrected chi connectivity index (χ2v) is 4.94. The van der Waals surface area contributed by atoms with Crippen LogP contribution in [0, 0.1) is 13.8 Å². The van der Waals surface area contributed by atoms with Crippen molar-refractivity contribution in [3.05, 3.63) is 65.0 Å². The second kappa shape index (κ2) is 5.78. The number of hydrogen-bond donors (Lipinski definition) is 1. The molecule has 1 unspecified atom stereocenters. The van der Waals surface area contributed by atoms with Crippen LogP contribution in [-0.2, 0) is 12.8 Å². The predicted octanol–water partition coefficient (Wildman–Crippen LogP) is 2.81. The highest BCUT2D eigenvalue weighted by Gasteiger charge is 2.06. The summed E-state index contributed by atoms with van der Waals surface area (Å²) in [5.41, 5.74) is 11.4. The number of nitrogens with two attached hydrogens (primary N) is 1. The number of benzene rings is 1. The van der Waals surface area contributed by atoms with E-state index in [1.807, 2.05) is 24.5 Å². The Balaban J connectivity index is 1.99. The summed E-state index contributed by atoms with van der Waals surface area (Å²) < 4.78 is 0. The Morgan fingerprint density at radius 3 is 2.28 bits per heavy atom. The van der Waals surface area contributed by atoms with E-state index in [-0.39, 0.29) is 6.04 Å². The van der Waals surface area contributed by atoms with Crippen LogP contribution in [0.4, 0.5) is 0 Å². The number of rotatable bonds is 4. The van der Waals surface area contributed by atoms with E-state index in [9.17, 15) is 0 Å². The van der Waals surface area contributed by atoms with Crippen molar-refractivity contribution in [1.82, 2.24) is 4.98 Å². The first-order chi connectivity index (χ1) is 8.65. The van der Waals surface area contributed by atoms with E-state index in [2.05, 4.69) is 37.0 Å². The molecule has 2 nitrogen and oxygen atoms in total. The number of nitrogens with zero attached hydrogens (tertiary/aromatic N) is 1. The molecule has 0 radical (unpaired) electrons. The molecule has 1 aromatic heterocycles. The standard InChI is InChI=1S/C16H20N2/c1-12-3-4-15(9-13(12)2)11-16(17)10-14-5-7-18-8-6-14/h3-9,16H,10-11,17H2,1-2H3. The van der Waals surface area contributed by atoms with Gasteiger partial charge in [-0.05, 0) is 61.1 Å². The van der Waals surface area contributed by atoms with Gasteiger partial charge in [-0.2, -0.15) is 0 Å². The van der Waals surface area contributed by atoms with Crippen LogP contribution in [0.5, 0.6) is 0 Å². The van der Waals surface area contributed by atoms with Crippen molar-refractivity contribution < 1.29 is 0 Å². The maximum atomic E-state index is 6.21. The van der Waals surface area contributed by atoms with Crippen molar-refractivity contribution in [1.29, 1.82) is 0 Å². The van der Waals surface area contributed by atoms with Gasteiger partial charge in [0.2, 0.25) is 0 Å². The number of pyridine rings is 1. The van der Waals surface area contributed by atoms with Gasteiger partial charge in [-0.15, -0.1) is 0 Å². The summed E-state index contributed by atoms with van der Waals surface area (Å²) in [6.45, 7) is 4.28. The fraction of sp³-hybridized carbons (Fsp3) is 0.312. The Bertz CT molecular complexity index is 506. The van der Waals surface area contributed by atoms with Gasteiger partial charge in [0.25, 0.3) is 0 Å². The summed E-state index contributed by atoms with van der Waals surface area (Å²) in [5, 5.41) is 0. The molecule has 1 atom stereocenters. The monoisotopic (exact) mass is 240 g/mol. The molecular formula is C16H20N2. The molecule has 0 saturated heterocycles. The average Bonchev–Trinajstić information content (AvgIpc) is 2.35.